The number of nitro groups is 1. The number of hydrogen-bond donors (Lipinski definition) is 1. The molecular formula is C29H31Cl2N3O6. The summed E-state index contributed by atoms with van der Waals surface area (Å²) in [5, 5.41) is 15.0. The maximum atomic E-state index is 13.7. The van der Waals surface area contributed by atoms with Gasteiger partial charge in [-0.25, -0.2) is 0 Å². The Bertz CT molecular complexity index is 1320. The van der Waals surface area contributed by atoms with Crippen LogP contribution in [0.5, 0.6) is 11.5 Å². The molecule has 0 aromatic heterocycles. The lowest BCUT2D eigenvalue weighted by molar-refractivity contribution is -0.385. The highest BCUT2D eigenvalue weighted by Gasteiger charge is 2.31. The predicted octanol–water partition coefficient (Wildman–Crippen LogP) is 5.85. The van der Waals surface area contributed by atoms with Gasteiger partial charge >= 0.3 is 5.69 Å². The van der Waals surface area contributed by atoms with E-state index in [-0.39, 0.29) is 36.1 Å². The van der Waals surface area contributed by atoms with Crippen LogP contribution in [0.3, 0.4) is 0 Å². The van der Waals surface area contributed by atoms with E-state index in [4.69, 9.17) is 32.7 Å². The van der Waals surface area contributed by atoms with Crippen molar-refractivity contribution in [2.45, 2.75) is 38.8 Å². The van der Waals surface area contributed by atoms with Crippen molar-refractivity contribution < 1.29 is 24.0 Å². The van der Waals surface area contributed by atoms with Crippen molar-refractivity contribution in [1.29, 1.82) is 0 Å². The third kappa shape index (κ3) is 8.59. The number of hydrogen-bond acceptors (Lipinski definition) is 6. The molecule has 0 spiro atoms. The lowest BCUT2D eigenvalue weighted by Gasteiger charge is -2.31. The van der Waals surface area contributed by atoms with E-state index in [9.17, 15) is 19.7 Å². The Balaban J connectivity index is 1.93. The molecule has 0 saturated heterocycles. The molecule has 0 aliphatic rings. The minimum Gasteiger partial charge on any atom is -0.490 e. The molecule has 0 fully saturated rings. The van der Waals surface area contributed by atoms with Crippen LogP contribution in [0, 0.1) is 10.1 Å². The summed E-state index contributed by atoms with van der Waals surface area (Å²) in [6.07, 6.45) is 1.96. The Morgan fingerprint density at radius 3 is 2.48 bits per heavy atom. The number of carbonyl (C=O) groups is 2. The van der Waals surface area contributed by atoms with Crippen LogP contribution in [0.25, 0.3) is 0 Å². The summed E-state index contributed by atoms with van der Waals surface area (Å²) in [6.45, 7) is 2.10. The second kappa shape index (κ2) is 15.1. The highest BCUT2D eigenvalue weighted by Crippen LogP contribution is 2.31. The molecule has 0 heterocycles. The maximum absolute atomic E-state index is 13.7. The van der Waals surface area contributed by atoms with E-state index >= 15 is 0 Å². The van der Waals surface area contributed by atoms with Crippen LogP contribution in [0.2, 0.25) is 10.0 Å². The first-order valence-electron chi connectivity index (χ1n) is 12.7. The fraction of sp³-hybridized carbons (Fsp3) is 0.310. The largest absolute Gasteiger partial charge is 0.490 e. The number of nitrogens with one attached hydrogen (secondary N) is 1. The molecule has 3 aromatic rings. The van der Waals surface area contributed by atoms with Gasteiger partial charge in [0.25, 0.3) is 5.91 Å². The molecule has 1 unspecified atom stereocenters. The van der Waals surface area contributed by atoms with Gasteiger partial charge in [-0.2, -0.15) is 0 Å². The molecule has 11 heteroatoms. The minimum absolute atomic E-state index is 0.00277. The zero-order valence-electron chi connectivity index (χ0n) is 22.3. The van der Waals surface area contributed by atoms with E-state index in [2.05, 4.69) is 5.32 Å². The molecule has 1 N–H and O–H groups in total. The molecule has 0 bridgehead atoms. The van der Waals surface area contributed by atoms with Crippen LogP contribution in [0.4, 0.5) is 5.69 Å². The average molecular weight is 588 g/mol. The van der Waals surface area contributed by atoms with Gasteiger partial charge in [0.05, 0.1) is 12.0 Å². The molecule has 1 atom stereocenters. The molecule has 212 valence electrons. The van der Waals surface area contributed by atoms with E-state index in [1.54, 1.807) is 18.2 Å². The van der Waals surface area contributed by atoms with E-state index < -0.39 is 23.5 Å². The number of carbonyl (C=O) groups excluding carboxylic acids is 2. The van der Waals surface area contributed by atoms with Crippen molar-refractivity contribution >= 4 is 40.7 Å². The van der Waals surface area contributed by atoms with Gasteiger partial charge < -0.3 is 19.7 Å². The van der Waals surface area contributed by atoms with E-state index in [0.29, 0.717) is 22.2 Å². The number of ether oxygens (including phenoxy) is 2. The fourth-order valence-electron chi connectivity index (χ4n) is 4.02. The van der Waals surface area contributed by atoms with Gasteiger partial charge in [0.2, 0.25) is 11.7 Å². The summed E-state index contributed by atoms with van der Waals surface area (Å²) >= 11 is 12.5. The van der Waals surface area contributed by atoms with Crippen molar-refractivity contribution in [2.24, 2.45) is 0 Å². The van der Waals surface area contributed by atoms with Crippen molar-refractivity contribution in [3.63, 3.8) is 0 Å². The molecule has 0 aliphatic carbocycles. The molecule has 3 rings (SSSR count). The highest BCUT2D eigenvalue weighted by molar-refractivity contribution is 6.35. The summed E-state index contributed by atoms with van der Waals surface area (Å²) in [4.78, 5) is 39.3. The summed E-state index contributed by atoms with van der Waals surface area (Å²) in [6, 6.07) is 17.4. The Kier molecular flexibility index (Phi) is 11.6. The average Bonchev–Trinajstić information content (AvgIpc) is 2.95. The van der Waals surface area contributed by atoms with Gasteiger partial charge in [0.15, 0.2) is 6.61 Å². The van der Waals surface area contributed by atoms with Crippen LogP contribution in [-0.2, 0) is 22.6 Å². The first-order chi connectivity index (χ1) is 19.2. The van der Waals surface area contributed by atoms with Gasteiger partial charge in [-0.3, -0.25) is 19.7 Å². The first-order valence-corrected chi connectivity index (χ1v) is 13.5. The van der Waals surface area contributed by atoms with Gasteiger partial charge in [-0.05, 0) is 35.7 Å². The normalized spacial score (nSPS) is 11.4. The van der Waals surface area contributed by atoms with Crippen LogP contribution in [-0.4, -0.2) is 47.9 Å². The lowest BCUT2D eigenvalue weighted by atomic mass is 10.0. The topological polar surface area (TPSA) is 111 Å². The van der Waals surface area contributed by atoms with Crippen molar-refractivity contribution in [1.82, 2.24) is 10.2 Å². The molecular weight excluding hydrogens is 557 g/mol. The maximum Gasteiger partial charge on any atom is 0.311 e. The highest BCUT2D eigenvalue weighted by atomic mass is 35.5. The molecule has 0 radical (unpaired) electrons. The summed E-state index contributed by atoms with van der Waals surface area (Å²) in [5.74, 6) is -0.577. The van der Waals surface area contributed by atoms with E-state index in [1.807, 2.05) is 37.3 Å². The van der Waals surface area contributed by atoms with Gasteiger partial charge in [0.1, 0.15) is 11.8 Å². The number of nitro benzene ring substituents is 1. The molecule has 0 saturated carbocycles. The zero-order valence-corrected chi connectivity index (χ0v) is 23.8. The van der Waals surface area contributed by atoms with Crippen LogP contribution in [0.15, 0.2) is 66.7 Å². The Morgan fingerprint density at radius 2 is 1.82 bits per heavy atom. The van der Waals surface area contributed by atoms with Crippen molar-refractivity contribution in [3.8, 4) is 11.5 Å². The summed E-state index contributed by atoms with van der Waals surface area (Å²) in [7, 11) is 1.31. The molecule has 40 heavy (non-hydrogen) atoms. The van der Waals surface area contributed by atoms with Crippen LogP contribution in [0.1, 0.15) is 30.9 Å². The van der Waals surface area contributed by atoms with Crippen molar-refractivity contribution in [2.75, 3.05) is 20.3 Å². The monoisotopic (exact) mass is 587 g/mol. The van der Waals surface area contributed by atoms with Crippen LogP contribution < -0.4 is 14.8 Å². The standard InChI is InChI=1S/C29H31Cl2N3O6/c1-3-4-14-32-29(36)26(15-20-8-6-5-7-9-20)33(18-21-10-11-22(30)16-24(21)31)28(35)19-40-23-12-13-25(34(37)38)27(17-23)39-2/h5-13,16-17,26H,3-4,14-15,18-19H2,1-2H3,(H,32,36). The molecule has 9 nitrogen and oxygen atoms in total. The number of nitrogens with zero attached hydrogens (tertiary/aromatic N) is 2. The third-order valence-electron chi connectivity index (χ3n) is 6.17. The molecule has 3 aromatic carbocycles. The second-order valence-corrected chi connectivity index (χ2v) is 9.83. The van der Waals surface area contributed by atoms with Crippen molar-refractivity contribution in [3.05, 3.63) is 98.0 Å². The Hall–Kier alpha value is -3.82. The van der Waals surface area contributed by atoms with E-state index in [1.165, 1.54) is 30.2 Å². The molecule has 2 amide bonds. The lowest BCUT2D eigenvalue weighted by Crippen LogP contribution is -2.51. The minimum atomic E-state index is -0.867. The zero-order chi connectivity index (χ0) is 29.1. The SMILES string of the molecule is CCCCNC(=O)C(Cc1ccccc1)N(Cc1ccc(Cl)cc1Cl)C(=O)COc1ccc([N+](=O)[O-])c(OC)c1. The Morgan fingerprint density at radius 1 is 1.07 bits per heavy atom. The molecule has 0 aliphatic heterocycles. The number of unbranched alkanes of at least 4 members (excludes halogenated alkanes) is 1. The number of methoxy groups -OCH3 is 1. The first kappa shape index (κ1) is 30.7. The number of benzene rings is 3. The van der Waals surface area contributed by atoms with E-state index in [0.717, 1.165) is 18.4 Å². The van der Waals surface area contributed by atoms with Gasteiger partial charge in [-0.1, -0.05) is 72.9 Å². The third-order valence-corrected chi connectivity index (χ3v) is 6.75. The Labute approximate surface area is 243 Å². The number of rotatable bonds is 14. The van der Waals surface area contributed by atoms with Gasteiger partial charge in [0, 0.05) is 41.7 Å². The summed E-state index contributed by atoms with van der Waals surface area (Å²) < 4.78 is 10.8. The number of amides is 2. The second-order valence-electron chi connectivity index (χ2n) is 8.99. The quantitative estimate of drug-likeness (QED) is 0.144. The predicted molar refractivity (Wildman–Crippen MR) is 154 cm³/mol. The fourth-order valence-corrected chi connectivity index (χ4v) is 4.49. The summed E-state index contributed by atoms with van der Waals surface area (Å²) in [5.41, 5.74) is 1.25. The van der Waals surface area contributed by atoms with Crippen LogP contribution >= 0.6 is 23.2 Å². The number of halogens is 2. The van der Waals surface area contributed by atoms with Gasteiger partial charge in [-0.15, -0.1) is 0 Å². The smallest absolute Gasteiger partial charge is 0.311 e.